The Labute approximate surface area is 98.0 Å². The van der Waals surface area contributed by atoms with Crippen LogP contribution < -0.4 is 10.0 Å². The third kappa shape index (κ3) is 4.78. The highest BCUT2D eigenvalue weighted by molar-refractivity contribution is 7.90. The summed E-state index contributed by atoms with van der Waals surface area (Å²) in [6.07, 6.45) is 2.44. The number of sulfonamides is 1. The van der Waals surface area contributed by atoms with Crippen molar-refractivity contribution in [2.45, 2.75) is 31.4 Å². The van der Waals surface area contributed by atoms with Crippen LogP contribution in [-0.4, -0.2) is 46.5 Å². The molecule has 16 heavy (non-hydrogen) atoms. The van der Waals surface area contributed by atoms with Crippen LogP contribution in [0.2, 0.25) is 0 Å². The first-order valence-corrected chi connectivity index (χ1v) is 7.48. The molecule has 0 aromatic rings. The van der Waals surface area contributed by atoms with Crippen LogP contribution in [0.5, 0.6) is 0 Å². The largest absolute Gasteiger partial charge is 0.381 e. The Kier molecular flexibility index (Phi) is 6.26. The average Bonchev–Trinajstić information content (AvgIpc) is 2.77. The van der Waals surface area contributed by atoms with Gasteiger partial charge in [-0.1, -0.05) is 6.92 Å². The van der Waals surface area contributed by atoms with Gasteiger partial charge in [0.15, 0.2) is 0 Å². The highest BCUT2D eigenvalue weighted by atomic mass is 32.2. The van der Waals surface area contributed by atoms with Crippen LogP contribution in [0.4, 0.5) is 0 Å². The summed E-state index contributed by atoms with van der Waals surface area (Å²) in [5.41, 5.74) is 0. The van der Waals surface area contributed by atoms with E-state index < -0.39 is 10.0 Å². The highest BCUT2D eigenvalue weighted by Gasteiger charge is 2.27. The van der Waals surface area contributed by atoms with E-state index in [4.69, 9.17) is 4.74 Å². The van der Waals surface area contributed by atoms with Gasteiger partial charge in [-0.15, -0.1) is 0 Å². The first-order chi connectivity index (χ1) is 7.67. The lowest BCUT2D eigenvalue weighted by atomic mass is 10.4. The number of ether oxygens (including phenoxy) is 1. The summed E-state index contributed by atoms with van der Waals surface area (Å²) in [6, 6.07) is 0. The molecule has 0 aromatic carbocycles. The van der Waals surface area contributed by atoms with E-state index in [-0.39, 0.29) is 5.25 Å². The second-order valence-corrected chi connectivity index (χ2v) is 6.07. The molecule has 5 nitrogen and oxygen atoms in total. The van der Waals surface area contributed by atoms with Crippen molar-refractivity contribution < 1.29 is 13.2 Å². The molecule has 1 unspecified atom stereocenters. The Hall–Kier alpha value is -0.170. The molecule has 0 spiro atoms. The molecule has 0 amide bonds. The fourth-order valence-corrected chi connectivity index (χ4v) is 3.08. The molecule has 0 aliphatic carbocycles. The van der Waals surface area contributed by atoms with Gasteiger partial charge < -0.3 is 10.1 Å². The lowest BCUT2D eigenvalue weighted by molar-refractivity contribution is 0.133. The molecule has 96 valence electrons. The van der Waals surface area contributed by atoms with Gasteiger partial charge in [0.1, 0.15) is 0 Å². The van der Waals surface area contributed by atoms with E-state index in [1.54, 1.807) is 0 Å². The van der Waals surface area contributed by atoms with Crippen molar-refractivity contribution in [2.24, 2.45) is 0 Å². The van der Waals surface area contributed by atoms with Gasteiger partial charge in [-0.3, -0.25) is 0 Å². The third-order valence-corrected chi connectivity index (χ3v) is 4.46. The first kappa shape index (κ1) is 13.9. The molecule has 2 N–H and O–H groups in total. The summed E-state index contributed by atoms with van der Waals surface area (Å²) in [5.74, 6) is 0. The van der Waals surface area contributed by atoms with Crippen LogP contribution >= 0.6 is 0 Å². The monoisotopic (exact) mass is 250 g/mol. The maximum absolute atomic E-state index is 11.7. The van der Waals surface area contributed by atoms with Crippen molar-refractivity contribution in [3.63, 3.8) is 0 Å². The van der Waals surface area contributed by atoms with Crippen molar-refractivity contribution in [3.05, 3.63) is 0 Å². The number of hydrogen-bond donors (Lipinski definition) is 2. The van der Waals surface area contributed by atoms with Crippen LogP contribution in [-0.2, 0) is 14.8 Å². The van der Waals surface area contributed by atoms with Crippen LogP contribution in [0, 0.1) is 0 Å². The fraction of sp³-hybridized carbons (Fsp3) is 1.00. The van der Waals surface area contributed by atoms with Crippen LogP contribution in [0.1, 0.15) is 26.2 Å². The molecule has 1 aliphatic heterocycles. The molecule has 0 radical (unpaired) electrons. The number of hydrogen-bond acceptors (Lipinski definition) is 4. The lowest BCUT2D eigenvalue weighted by Gasteiger charge is -2.11. The van der Waals surface area contributed by atoms with E-state index in [2.05, 4.69) is 17.0 Å². The van der Waals surface area contributed by atoms with Crippen molar-refractivity contribution in [2.75, 3.05) is 32.8 Å². The van der Waals surface area contributed by atoms with E-state index in [0.717, 1.165) is 26.0 Å². The van der Waals surface area contributed by atoms with Gasteiger partial charge in [-0.2, -0.15) is 0 Å². The van der Waals surface area contributed by atoms with Crippen molar-refractivity contribution in [3.8, 4) is 0 Å². The van der Waals surface area contributed by atoms with Crippen LogP contribution in [0.25, 0.3) is 0 Å². The molecule has 1 heterocycles. The quantitative estimate of drug-likeness (QED) is 0.599. The van der Waals surface area contributed by atoms with Gasteiger partial charge in [0, 0.05) is 26.3 Å². The van der Waals surface area contributed by atoms with E-state index in [1.165, 1.54) is 0 Å². The van der Waals surface area contributed by atoms with Crippen molar-refractivity contribution >= 4 is 10.0 Å². The molecule has 1 fully saturated rings. The van der Waals surface area contributed by atoms with Crippen molar-refractivity contribution in [1.82, 2.24) is 10.0 Å². The van der Waals surface area contributed by atoms with E-state index in [0.29, 0.717) is 26.1 Å². The zero-order valence-corrected chi connectivity index (χ0v) is 10.7. The fourth-order valence-electron chi connectivity index (χ4n) is 1.65. The normalized spacial score (nSPS) is 21.4. The third-order valence-electron chi connectivity index (χ3n) is 2.57. The van der Waals surface area contributed by atoms with Crippen LogP contribution in [0.15, 0.2) is 0 Å². The Morgan fingerprint density at radius 3 is 2.88 bits per heavy atom. The smallest absolute Gasteiger partial charge is 0.215 e. The predicted molar refractivity (Wildman–Crippen MR) is 63.9 cm³/mol. The van der Waals surface area contributed by atoms with E-state index >= 15 is 0 Å². The zero-order valence-electron chi connectivity index (χ0n) is 9.87. The van der Waals surface area contributed by atoms with Crippen LogP contribution in [0.3, 0.4) is 0 Å². The van der Waals surface area contributed by atoms with E-state index in [1.807, 2.05) is 0 Å². The second-order valence-electron chi connectivity index (χ2n) is 4.02. The minimum Gasteiger partial charge on any atom is -0.381 e. The summed E-state index contributed by atoms with van der Waals surface area (Å²) in [6.45, 7) is 5.27. The Bertz CT molecular complexity index is 274. The summed E-state index contributed by atoms with van der Waals surface area (Å²) in [5, 5.41) is 2.79. The zero-order chi connectivity index (χ0) is 11.9. The summed E-state index contributed by atoms with van der Waals surface area (Å²) in [7, 11) is -3.12. The standard InChI is InChI=1S/C10H22N2O3S/c1-2-7-15-8-3-5-12-16(13,14)10-4-6-11-9-10/h10-12H,2-9H2,1H3. The number of nitrogens with one attached hydrogen (secondary N) is 2. The van der Waals surface area contributed by atoms with Gasteiger partial charge in [0.2, 0.25) is 10.0 Å². The van der Waals surface area contributed by atoms with Crippen molar-refractivity contribution in [1.29, 1.82) is 0 Å². The molecule has 1 aliphatic rings. The predicted octanol–water partition coefficient (Wildman–Crippen LogP) is 0.0844. The SMILES string of the molecule is CCCOCCCNS(=O)(=O)C1CCNC1. The second kappa shape index (κ2) is 7.21. The summed E-state index contributed by atoms with van der Waals surface area (Å²) < 4.78 is 31.4. The Balaban J connectivity index is 2.11. The van der Waals surface area contributed by atoms with Gasteiger partial charge >= 0.3 is 0 Å². The lowest BCUT2D eigenvalue weighted by Crippen LogP contribution is -2.36. The topological polar surface area (TPSA) is 67.4 Å². The summed E-state index contributed by atoms with van der Waals surface area (Å²) >= 11 is 0. The van der Waals surface area contributed by atoms with Gasteiger partial charge in [0.05, 0.1) is 5.25 Å². The molecular formula is C10H22N2O3S. The minimum atomic E-state index is -3.12. The van der Waals surface area contributed by atoms with Gasteiger partial charge in [-0.25, -0.2) is 13.1 Å². The molecule has 0 bridgehead atoms. The summed E-state index contributed by atoms with van der Waals surface area (Å²) in [4.78, 5) is 0. The van der Waals surface area contributed by atoms with Gasteiger partial charge in [0.25, 0.3) is 0 Å². The first-order valence-electron chi connectivity index (χ1n) is 5.93. The van der Waals surface area contributed by atoms with E-state index in [9.17, 15) is 8.42 Å². The maximum Gasteiger partial charge on any atom is 0.215 e. The molecule has 1 rings (SSSR count). The molecule has 6 heteroatoms. The number of rotatable bonds is 8. The molecular weight excluding hydrogens is 228 g/mol. The Morgan fingerprint density at radius 1 is 1.44 bits per heavy atom. The minimum absolute atomic E-state index is 0.260. The molecule has 1 saturated heterocycles. The average molecular weight is 250 g/mol. The Morgan fingerprint density at radius 2 is 2.25 bits per heavy atom. The maximum atomic E-state index is 11.7. The molecule has 1 atom stereocenters. The van der Waals surface area contributed by atoms with Gasteiger partial charge in [-0.05, 0) is 25.8 Å². The molecule has 0 aromatic heterocycles. The molecule has 0 saturated carbocycles. The highest BCUT2D eigenvalue weighted by Crippen LogP contribution is 2.07.